The van der Waals surface area contributed by atoms with Crippen LogP contribution in [0.5, 0.6) is 0 Å². The first-order valence-electron chi connectivity index (χ1n) is 11.6. The molecule has 0 spiro atoms. The Morgan fingerprint density at radius 3 is 2.15 bits per heavy atom. The molecule has 5 atom stereocenters. The minimum absolute atomic E-state index is 0.0970. The van der Waals surface area contributed by atoms with Crippen LogP contribution in [0.25, 0.3) is 0 Å². The monoisotopic (exact) mass is 483 g/mol. The number of rotatable bonds is 4. The van der Waals surface area contributed by atoms with Gasteiger partial charge in [-0.05, 0) is 60.9 Å². The molecule has 2 saturated heterocycles. The van der Waals surface area contributed by atoms with E-state index in [2.05, 4.69) is 18.7 Å². The summed E-state index contributed by atoms with van der Waals surface area (Å²) in [5.74, 6) is 1.14. The summed E-state index contributed by atoms with van der Waals surface area (Å²) in [6, 6.07) is 11.3. The van der Waals surface area contributed by atoms with Gasteiger partial charge >= 0.3 is 12.4 Å². The van der Waals surface area contributed by atoms with Gasteiger partial charge in [-0.1, -0.05) is 37.3 Å². The van der Waals surface area contributed by atoms with Gasteiger partial charge in [0.1, 0.15) is 5.60 Å². The van der Waals surface area contributed by atoms with Crippen molar-refractivity contribution in [3.63, 3.8) is 0 Å². The minimum atomic E-state index is -4.88. The largest absolute Gasteiger partial charge is 0.416 e. The average molecular weight is 483 g/mol. The minimum Gasteiger partial charge on any atom is -0.364 e. The average Bonchev–Trinajstić information content (AvgIpc) is 3.34. The number of alkyl halides is 6. The topological polar surface area (TPSA) is 12.5 Å². The van der Waals surface area contributed by atoms with Gasteiger partial charge in [-0.25, -0.2) is 0 Å². The molecule has 3 fully saturated rings. The molecule has 8 heteroatoms. The molecule has 1 saturated carbocycles. The third kappa shape index (κ3) is 3.56. The SMILES string of the molecule is C[C@@H]1CN2C[C@](OCc3cc(C(F)(F)F)cc(C(F)(F)F)c3)(c3ccccc3)[C@H]3CC[C@@H]1[C@]32C. The summed E-state index contributed by atoms with van der Waals surface area (Å²) in [6.07, 6.45) is -7.82. The molecule has 0 aromatic heterocycles. The maximum Gasteiger partial charge on any atom is 0.416 e. The molecule has 0 unspecified atom stereocenters. The van der Waals surface area contributed by atoms with E-state index in [-0.39, 0.29) is 29.7 Å². The van der Waals surface area contributed by atoms with Gasteiger partial charge in [0.15, 0.2) is 0 Å². The predicted octanol–water partition coefficient (Wildman–Crippen LogP) is 6.89. The molecule has 2 aliphatic heterocycles. The molecular weight excluding hydrogens is 456 g/mol. The summed E-state index contributed by atoms with van der Waals surface area (Å²) < 4.78 is 86.7. The third-order valence-corrected chi connectivity index (χ3v) is 8.49. The standard InChI is InChI=1S/C26H27F6NO/c1-16-13-33-15-24(18-6-4-3-5-7-18,22-9-8-21(16)23(22,33)2)34-14-17-10-19(25(27,28)29)12-20(11-17)26(30,31)32/h3-7,10-12,16,21-22H,8-9,13-15H2,1-2H3/t16-,21+,22+,23-,24+/m1/s1. The second kappa shape index (κ2) is 7.72. The smallest absolute Gasteiger partial charge is 0.364 e. The zero-order valence-corrected chi connectivity index (χ0v) is 19.0. The summed E-state index contributed by atoms with van der Waals surface area (Å²) in [7, 11) is 0. The van der Waals surface area contributed by atoms with Crippen LogP contribution < -0.4 is 0 Å². The zero-order valence-electron chi connectivity index (χ0n) is 19.0. The van der Waals surface area contributed by atoms with Gasteiger partial charge in [0.2, 0.25) is 0 Å². The molecule has 184 valence electrons. The van der Waals surface area contributed by atoms with Crippen LogP contribution in [0.2, 0.25) is 0 Å². The predicted molar refractivity (Wildman–Crippen MR) is 115 cm³/mol. The summed E-state index contributed by atoms with van der Waals surface area (Å²) in [4.78, 5) is 2.43. The molecule has 2 heterocycles. The maximum atomic E-state index is 13.4. The van der Waals surface area contributed by atoms with E-state index in [9.17, 15) is 26.3 Å². The van der Waals surface area contributed by atoms with Gasteiger partial charge in [-0.3, -0.25) is 4.90 Å². The maximum absolute atomic E-state index is 13.4. The second-order valence-corrected chi connectivity index (χ2v) is 10.3. The van der Waals surface area contributed by atoms with Crippen molar-refractivity contribution in [2.45, 2.75) is 56.8 Å². The lowest BCUT2D eigenvalue weighted by Gasteiger charge is -2.38. The van der Waals surface area contributed by atoms with E-state index >= 15 is 0 Å². The van der Waals surface area contributed by atoms with Gasteiger partial charge in [0.25, 0.3) is 0 Å². The van der Waals surface area contributed by atoms with Crippen LogP contribution >= 0.6 is 0 Å². The fourth-order valence-corrected chi connectivity index (χ4v) is 7.07. The highest BCUT2D eigenvalue weighted by molar-refractivity contribution is 5.35. The zero-order chi connectivity index (χ0) is 24.5. The van der Waals surface area contributed by atoms with Crippen molar-refractivity contribution in [1.29, 1.82) is 0 Å². The number of benzene rings is 2. The molecule has 5 rings (SSSR count). The first-order valence-corrected chi connectivity index (χ1v) is 11.6. The van der Waals surface area contributed by atoms with Crippen LogP contribution in [-0.2, 0) is 29.3 Å². The lowest BCUT2D eigenvalue weighted by molar-refractivity contribution is -0.143. The fourth-order valence-electron chi connectivity index (χ4n) is 7.07. The summed E-state index contributed by atoms with van der Waals surface area (Å²) in [5.41, 5.74) is -2.73. The molecule has 3 aliphatic rings. The van der Waals surface area contributed by atoms with Gasteiger partial charge in [0.05, 0.1) is 17.7 Å². The highest BCUT2D eigenvalue weighted by atomic mass is 19.4. The van der Waals surface area contributed by atoms with E-state index in [1.807, 2.05) is 30.3 Å². The van der Waals surface area contributed by atoms with E-state index in [1.54, 1.807) is 0 Å². The van der Waals surface area contributed by atoms with Gasteiger partial charge in [0, 0.05) is 24.5 Å². The van der Waals surface area contributed by atoms with Crippen molar-refractivity contribution in [3.8, 4) is 0 Å². The molecule has 0 N–H and O–H groups in total. The number of halogens is 6. The van der Waals surface area contributed by atoms with Crippen molar-refractivity contribution in [2.24, 2.45) is 17.8 Å². The summed E-state index contributed by atoms with van der Waals surface area (Å²) in [5, 5.41) is 0. The quantitative estimate of drug-likeness (QED) is 0.440. The van der Waals surface area contributed by atoms with Crippen LogP contribution in [0.15, 0.2) is 48.5 Å². The number of hydrogen-bond donors (Lipinski definition) is 0. The lowest BCUT2D eigenvalue weighted by Crippen LogP contribution is -2.43. The van der Waals surface area contributed by atoms with Crippen molar-refractivity contribution in [1.82, 2.24) is 4.90 Å². The summed E-state index contributed by atoms with van der Waals surface area (Å²) >= 11 is 0. The molecule has 2 nitrogen and oxygen atoms in total. The molecule has 0 radical (unpaired) electrons. The highest BCUT2D eigenvalue weighted by Crippen LogP contribution is 2.64. The van der Waals surface area contributed by atoms with Crippen LogP contribution in [0.4, 0.5) is 26.3 Å². The Labute approximate surface area is 194 Å². The Bertz CT molecular complexity index is 1030. The lowest BCUT2D eigenvalue weighted by atomic mass is 9.73. The van der Waals surface area contributed by atoms with Crippen molar-refractivity contribution in [2.75, 3.05) is 13.1 Å². The first kappa shape index (κ1) is 23.7. The molecule has 2 aromatic rings. The normalized spacial score (nSPS) is 33.5. The molecule has 0 bridgehead atoms. The van der Waals surface area contributed by atoms with Crippen LogP contribution in [-0.4, -0.2) is 23.5 Å². The Morgan fingerprint density at radius 2 is 1.56 bits per heavy atom. The van der Waals surface area contributed by atoms with Crippen LogP contribution in [0, 0.1) is 17.8 Å². The van der Waals surface area contributed by atoms with Gasteiger partial charge in [-0.15, -0.1) is 0 Å². The van der Waals surface area contributed by atoms with E-state index in [4.69, 9.17) is 4.74 Å². The van der Waals surface area contributed by atoms with E-state index in [0.717, 1.165) is 37.1 Å². The van der Waals surface area contributed by atoms with Crippen molar-refractivity contribution in [3.05, 3.63) is 70.8 Å². The molecular formula is C26H27F6NO. The molecule has 0 amide bonds. The fraction of sp³-hybridized carbons (Fsp3) is 0.538. The first-order chi connectivity index (χ1) is 15.9. The Kier molecular flexibility index (Phi) is 5.37. The Morgan fingerprint density at radius 1 is 0.941 bits per heavy atom. The van der Waals surface area contributed by atoms with E-state index < -0.39 is 29.1 Å². The molecule has 1 aliphatic carbocycles. The highest BCUT2D eigenvalue weighted by Gasteiger charge is 2.69. The number of hydrogen-bond acceptors (Lipinski definition) is 2. The van der Waals surface area contributed by atoms with Gasteiger partial charge in [-0.2, -0.15) is 26.3 Å². The van der Waals surface area contributed by atoms with Crippen LogP contribution in [0.3, 0.4) is 0 Å². The van der Waals surface area contributed by atoms with Gasteiger partial charge < -0.3 is 4.74 Å². The third-order valence-electron chi connectivity index (χ3n) is 8.49. The van der Waals surface area contributed by atoms with E-state index in [0.29, 0.717) is 18.4 Å². The van der Waals surface area contributed by atoms with Crippen LogP contribution in [0.1, 0.15) is 48.9 Å². The van der Waals surface area contributed by atoms with Crippen molar-refractivity contribution >= 4 is 0 Å². The number of nitrogens with zero attached hydrogens (tertiary/aromatic N) is 1. The number of ether oxygens (including phenoxy) is 1. The summed E-state index contributed by atoms with van der Waals surface area (Å²) in [6.45, 7) is 5.66. The molecule has 2 aromatic carbocycles. The Balaban J connectivity index is 1.53. The molecule has 34 heavy (non-hydrogen) atoms. The van der Waals surface area contributed by atoms with Crippen molar-refractivity contribution < 1.29 is 31.1 Å². The second-order valence-electron chi connectivity index (χ2n) is 10.3. The Hall–Kier alpha value is -2.06. The van der Waals surface area contributed by atoms with E-state index in [1.165, 1.54) is 0 Å².